The zero-order valence-electron chi connectivity index (χ0n) is 16.1. The molecule has 2 heterocycles. The number of esters is 1. The Morgan fingerprint density at radius 2 is 1.86 bits per heavy atom. The molecule has 154 valence electrons. The number of ether oxygens (including phenoxy) is 1. The number of halogens is 1. The van der Waals surface area contributed by atoms with Gasteiger partial charge in [0.15, 0.2) is 0 Å². The first-order chi connectivity index (χ1) is 13.9. The maximum Gasteiger partial charge on any atom is 0.348 e. The average Bonchev–Trinajstić information content (AvgIpc) is 3.04. The molecule has 0 atom stereocenters. The van der Waals surface area contributed by atoms with Gasteiger partial charge in [-0.1, -0.05) is 23.7 Å². The highest BCUT2D eigenvalue weighted by Gasteiger charge is 2.23. The molecule has 29 heavy (non-hydrogen) atoms. The van der Waals surface area contributed by atoms with Crippen LogP contribution < -0.4 is 11.2 Å². The quantitative estimate of drug-likeness (QED) is 0.575. The van der Waals surface area contributed by atoms with Crippen molar-refractivity contribution in [3.05, 3.63) is 66.1 Å². The molecule has 0 aliphatic heterocycles. The highest BCUT2D eigenvalue weighted by Crippen LogP contribution is 2.28. The molecular formula is C20H21ClN2O5S. The van der Waals surface area contributed by atoms with Crippen LogP contribution in [0.4, 0.5) is 0 Å². The van der Waals surface area contributed by atoms with Crippen LogP contribution in [0.25, 0.3) is 10.2 Å². The van der Waals surface area contributed by atoms with E-state index in [2.05, 4.69) is 0 Å². The molecule has 0 bridgehead atoms. The number of thiophene rings is 1. The van der Waals surface area contributed by atoms with E-state index >= 15 is 0 Å². The first kappa shape index (κ1) is 21.3. The summed E-state index contributed by atoms with van der Waals surface area (Å²) in [5.74, 6) is -0.518. The van der Waals surface area contributed by atoms with E-state index in [-0.39, 0.29) is 19.8 Å². The Balaban J connectivity index is 2.16. The van der Waals surface area contributed by atoms with Crippen molar-refractivity contribution in [3.8, 4) is 0 Å². The van der Waals surface area contributed by atoms with Crippen molar-refractivity contribution in [1.29, 1.82) is 0 Å². The van der Waals surface area contributed by atoms with E-state index in [1.807, 2.05) is 12.1 Å². The number of aliphatic hydroxyl groups is 1. The number of fused-ring (bicyclic) bond motifs is 1. The van der Waals surface area contributed by atoms with Crippen LogP contribution in [0, 0.1) is 6.92 Å². The van der Waals surface area contributed by atoms with Gasteiger partial charge in [0.1, 0.15) is 9.71 Å². The number of carbonyl (C=O) groups is 1. The number of hydrogen-bond donors (Lipinski definition) is 1. The molecule has 0 aliphatic rings. The monoisotopic (exact) mass is 436 g/mol. The van der Waals surface area contributed by atoms with E-state index < -0.39 is 17.2 Å². The van der Waals surface area contributed by atoms with Crippen molar-refractivity contribution in [3.63, 3.8) is 0 Å². The highest BCUT2D eigenvalue weighted by atomic mass is 35.5. The second-order valence-corrected chi connectivity index (χ2v) is 7.88. The largest absolute Gasteiger partial charge is 0.462 e. The Morgan fingerprint density at radius 3 is 2.48 bits per heavy atom. The van der Waals surface area contributed by atoms with Crippen LogP contribution >= 0.6 is 22.9 Å². The molecule has 1 aromatic carbocycles. The summed E-state index contributed by atoms with van der Waals surface area (Å²) in [6.45, 7) is 3.44. The van der Waals surface area contributed by atoms with Gasteiger partial charge < -0.3 is 9.84 Å². The fraction of sp³-hybridized carbons (Fsp3) is 0.350. The fourth-order valence-electron chi connectivity index (χ4n) is 3.17. The lowest BCUT2D eigenvalue weighted by Crippen LogP contribution is -2.40. The van der Waals surface area contributed by atoms with Gasteiger partial charge in [-0.05, 0) is 43.5 Å². The Labute approximate surface area is 175 Å². The Hall–Kier alpha value is -2.42. The molecule has 3 rings (SSSR count). The van der Waals surface area contributed by atoms with Crippen LogP contribution in [0.15, 0.2) is 33.9 Å². The van der Waals surface area contributed by atoms with E-state index in [0.717, 1.165) is 21.5 Å². The van der Waals surface area contributed by atoms with Gasteiger partial charge in [0.25, 0.3) is 5.56 Å². The maximum atomic E-state index is 13.0. The highest BCUT2D eigenvalue weighted by molar-refractivity contribution is 7.20. The van der Waals surface area contributed by atoms with Crippen LogP contribution in [-0.2, 0) is 24.2 Å². The van der Waals surface area contributed by atoms with Crippen molar-refractivity contribution >= 4 is 39.1 Å². The summed E-state index contributed by atoms with van der Waals surface area (Å²) in [5.41, 5.74) is 0.446. The third-order valence-corrected chi connectivity index (χ3v) is 6.16. The molecule has 0 radical (unpaired) electrons. The number of nitrogens with zero attached hydrogens (tertiary/aromatic N) is 2. The number of aliphatic hydroxyl groups excluding tert-OH is 1. The molecule has 0 fully saturated rings. The standard InChI is InChI=1S/C20H21ClN2O5S/c1-3-28-19(26)16-12(2)15-17(25)22(10-11-24)20(27)23(18(15)29-16)9-8-13-4-6-14(21)7-5-13/h4-7,24H,3,8-11H2,1-2H3. The van der Waals surface area contributed by atoms with Gasteiger partial charge in [-0.15, -0.1) is 11.3 Å². The summed E-state index contributed by atoms with van der Waals surface area (Å²) in [6, 6.07) is 7.29. The number of benzene rings is 1. The predicted molar refractivity (Wildman–Crippen MR) is 113 cm³/mol. The van der Waals surface area contributed by atoms with Crippen molar-refractivity contribution in [2.75, 3.05) is 13.2 Å². The van der Waals surface area contributed by atoms with Gasteiger partial charge in [-0.25, -0.2) is 9.59 Å². The number of aromatic nitrogens is 2. The van der Waals surface area contributed by atoms with Crippen LogP contribution in [0.1, 0.15) is 27.7 Å². The number of aryl methyl sites for hydroxylation is 3. The van der Waals surface area contributed by atoms with Gasteiger partial charge in [-0.2, -0.15) is 0 Å². The maximum absolute atomic E-state index is 13.0. The van der Waals surface area contributed by atoms with Crippen molar-refractivity contribution < 1.29 is 14.6 Å². The minimum atomic E-state index is -0.518. The molecule has 7 nitrogen and oxygen atoms in total. The molecule has 0 amide bonds. The number of hydrogen-bond acceptors (Lipinski definition) is 6. The topological polar surface area (TPSA) is 90.5 Å². The van der Waals surface area contributed by atoms with E-state index in [1.165, 1.54) is 4.57 Å². The predicted octanol–water partition coefficient (Wildman–Crippen LogP) is 2.60. The number of rotatable bonds is 7. The summed E-state index contributed by atoms with van der Waals surface area (Å²) in [6.07, 6.45) is 0.537. The lowest BCUT2D eigenvalue weighted by atomic mass is 10.1. The number of carbonyl (C=O) groups excluding carboxylic acids is 1. The zero-order valence-corrected chi connectivity index (χ0v) is 17.7. The Bertz CT molecular complexity index is 1160. The molecule has 0 aliphatic carbocycles. The summed E-state index contributed by atoms with van der Waals surface area (Å²) in [7, 11) is 0. The smallest absolute Gasteiger partial charge is 0.348 e. The van der Waals surface area contributed by atoms with E-state index in [1.54, 1.807) is 26.0 Å². The second-order valence-electron chi connectivity index (χ2n) is 6.45. The van der Waals surface area contributed by atoms with Gasteiger partial charge in [0.05, 0.1) is 25.1 Å². The van der Waals surface area contributed by atoms with Crippen molar-refractivity contribution in [2.45, 2.75) is 33.4 Å². The van der Waals surface area contributed by atoms with Crippen LogP contribution in [0.5, 0.6) is 0 Å². The average molecular weight is 437 g/mol. The minimum Gasteiger partial charge on any atom is -0.462 e. The lowest BCUT2D eigenvalue weighted by molar-refractivity contribution is 0.0531. The normalized spacial score (nSPS) is 11.2. The molecule has 0 spiro atoms. The molecule has 0 saturated heterocycles. The van der Waals surface area contributed by atoms with Crippen molar-refractivity contribution in [1.82, 2.24) is 9.13 Å². The van der Waals surface area contributed by atoms with Gasteiger partial charge >= 0.3 is 11.7 Å². The summed E-state index contributed by atoms with van der Waals surface area (Å²) in [4.78, 5) is 38.9. The fourth-order valence-corrected chi connectivity index (χ4v) is 4.51. The molecule has 2 aromatic heterocycles. The van der Waals surface area contributed by atoms with Gasteiger partial charge in [0, 0.05) is 11.6 Å². The SMILES string of the molecule is CCOC(=O)c1sc2c(c1C)c(=O)n(CCO)c(=O)n2CCc1ccc(Cl)cc1. The third kappa shape index (κ3) is 4.14. The molecular weight excluding hydrogens is 416 g/mol. The first-order valence-corrected chi connectivity index (χ1v) is 10.4. The molecule has 0 unspecified atom stereocenters. The zero-order chi connectivity index (χ0) is 21.1. The lowest BCUT2D eigenvalue weighted by Gasteiger charge is -2.11. The summed E-state index contributed by atoms with van der Waals surface area (Å²) < 4.78 is 7.59. The van der Waals surface area contributed by atoms with Crippen LogP contribution in [0.2, 0.25) is 5.02 Å². The second kappa shape index (κ2) is 8.94. The van der Waals surface area contributed by atoms with Crippen LogP contribution in [0.3, 0.4) is 0 Å². The Kier molecular flexibility index (Phi) is 6.56. The molecule has 0 saturated carbocycles. The van der Waals surface area contributed by atoms with E-state index in [0.29, 0.717) is 38.6 Å². The Morgan fingerprint density at radius 1 is 1.17 bits per heavy atom. The van der Waals surface area contributed by atoms with Crippen LogP contribution in [-0.4, -0.2) is 33.4 Å². The molecule has 1 N–H and O–H groups in total. The first-order valence-electron chi connectivity index (χ1n) is 9.18. The third-order valence-electron chi connectivity index (χ3n) is 4.62. The molecule has 9 heteroatoms. The summed E-state index contributed by atoms with van der Waals surface area (Å²) >= 11 is 7.00. The summed E-state index contributed by atoms with van der Waals surface area (Å²) in [5, 5.41) is 10.2. The van der Waals surface area contributed by atoms with Gasteiger partial charge in [0.2, 0.25) is 0 Å². The van der Waals surface area contributed by atoms with E-state index in [9.17, 15) is 19.5 Å². The van der Waals surface area contributed by atoms with E-state index in [4.69, 9.17) is 16.3 Å². The molecule has 3 aromatic rings. The minimum absolute atomic E-state index is 0.113. The van der Waals surface area contributed by atoms with Gasteiger partial charge in [-0.3, -0.25) is 13.9 Å². The van der Waals surface area contributed by atoms with Crippen molar-refractivity contribution in [2.24, 2.45) is 0 Å².